The number of nitrogens with zero attached hydrogens (tertiary/aromatic N) is 1. The van der Waals surface area contributed by atoms with Gasteiger partial charge in [-0.15, -0.1) is 24.0 Å². The number of alkyl halides is 3. The number of ether oxygens (including phenoxy) is 1. The molecule has 0 spiro atoms. The highest BCUT2D eigenvalue weighted by molar-refractivity contribution is 14.0. The van der Waals surface area contributed by atoms with Crippen molar-refractivity contribution < 1.29 is 17.9 Å². The van der Waals surface area contributed by atoms with E-state index in [1.165, 1.54) is 5.56 Å². The Morgan fingerprint density at radius 3 is 2.37 bits per heavy atom. The van der Waals surface area contributed by atoms with Crippen LogP contribution in [-0.2, 0) is 24.3 Å². The van der Waals surface area contributed by atoms with Gasteiger partial charge in [-0.1, -0.05) is 43.3 Å². The number of nitrogens with one attached hydrogen (secondary N) is 1. The van der Waals surface area contributed by atoms with Gasteiger partial charge in [0.05, 0.1) is 13.2 Å². The molecule has 0 amide bonds. The fourth-order valence-corrected chi connectivity index (χ4v) is 2.26. The van der Waals surface area contributed by atoms with Crippen LogP contribution >= 0.6 is 24.0 Å². The number of aryl methyl sites for hydroxylation is 1. The number of halogens is 4. The van der Waals surface area contributed by atoms with Gasteiger partial charge in [0.2, 0.25) is 0 Å². The van der Waals surface area contributed by atoms with Crippen molar-refractivity contribution in [1.82, 2.24) is 0 Å². The minimum Gasteiger partial charge on any atom is -0.370 e. The zero-order valence-corrected chi connectivity index (χ0v) is 17.3. The Labute approximate surface area is 174 Å². The third-order valence-corrected chi connectivity index (χ3v) is 3.60. The highest BCUT2D eigenvalue weighted by Crippen LogP contribution is 2.16. The second-order valence-electron chi connectivity index (χ2n) is 5.80. The summed E-state index contributed by atoms with van der Waals surface area (Å²) < 4.78 is 40.7. The van der Waals surface area contributed by atoms with Gasteiger partial charge < -0.3 is 15.8 Å². The predicted octanol–water partition coefficient (Wildman–Crippen LogP) is 4.87. The third-order valence-electron chi connectivity index (χ3n) is 3.60. The van der Waals surface area contributed by atoms with Crippen molar-refractivity contribution in [3.63, 3.8) is 0 Å². The van der Waals surface area contributed by atoms with Crippen LogP contribution in [0.2, 0.25) is 0 Å². The van der Waals surface area contributed by atoms with Crippen LogP contribution < -0.4 is 11.1 Å². The first-order valence-corrected chi connectivity index (χ1v) is 8.24. The molecule has 0 bridgehead atoms. The van der Waals surface area contributed by atoms with Crippen LogP contribution in [0.1, 0.15) is 23.6 Å². The molecule has 0 fully saturated rings. The van der Waals surface area contributed by atoms with Gasteiger partial charge in [0.25, 0.3) is 0 Å². The van der Waals surface area contributed by atoms with Crippen molar-refractivity contribution in [3.8, 4) is 0 Å². The number of nitrogens with two attached hydrogens (primary N) is 1. The molecule has 2 aromatic rings. The summed E-state index contributed by atoms with van der Waals surface area (Å²) in [5, 5.41) is 3.04. The Balaban J connectivity index is 0.00000364. The molecular weight excluding hydrogens is 470 g/mol. The smallest absolute Gasteiger partial charge is 0.370 e. The molecule has 0 atom stereocenters. The van der Waals surface area contributed by atoms with Crippen LogP contribution in [0.15, 0.2) is 53.5 Å². The van der Waals surface area contributed by atoms with Gasteiger partial charge >= 0.3 is 6.18 Å². The van der Waals surface area contributed by atoms with E-state index in [1.54, 1.807) is 24.3 Å². The fourth-order valence-electron chi connectivity index (χ4n) is 2.26. The van der Waals surface area contributed by atoms with Crippen molar-refractivity contribution >= 4 is 35.6 Å². The normalized spacial score (nSPS) is 11.8. The van der Waals surface area contributed by atoms with Gasteiger partial charge in [-0.2, -0.15) is 13.2 Å². The lowest BCUT2D eigenvalue weighted by Gasteiger charge is -2.08. The van der Waals surface area contributed by atoms with Gasteiger partial charge in [-0.3, -0.25) is 0 Å². The molecule has 4 nitrogen and oxygen atoms in total. The van der Waals surface area contributed by atoms with E-state index in [1.807, 2.05) is 24.3 Å². The highest BCUT2D eigenvalue weighted by atomic mass is 127. The summed E-state index contributed by atoms with van der Waals surface area (Å²) in [7, 11) is 0. The number of rotatable bonds is 7. The van der Waals surface area contributed by atoms with Crippen molar-refractivity contribution in [3.05, 3.63) is 65.2 Å². The number of anilines is 1. The lowest BCUT2D eigenvalue weighted by Crippen LogP contribution is -2.22. The molecule has 0 aliphatic heterocycles. The summed E-state index contributed by atoms with van der Waals surface area (Å²) in [6.07, 6.45) is -3.37. The summed E-state index contributed by atoms with van der Waals surface area (Å²) in [6, 6.07) is 14.9. The van der Waals surface area contributed by atoms with Gasteiger partial charge in [0, 0.05) is 5.69 Å². The Bertz CT molecular complexity index is 734. The lowest BCUT2D eigenvalue weighted by molar-refractivity contribution is -0.176. The molecule has 2 rings (SSSR count). The number of hydrogen-bond donors (Lipinski definition) is 2. The number of guanidine groups is 1. The summed E-state index contributed by atoms with van der Waals surface area (Å²) in [5.74, 6) is 0.302. The van der Waals surface area contributed by atoms with E-state index in [0.717, 1.165) is 17.7 Å². The van der Waals surface area contributed by atoms with Crippen LogP contribution in [0.3, 0.4) is 0 Å². The molecule has 0 unspecified atom stereocenters. The number of hydrogen-bond acceptors (Lipinski definition) is 2. The van der Waals surface area contributed by atoms with Gasteiger partial charge in [0.15, 0.2) is 5.96 Å². The zero-order valence-electron chi connectivity index (χ0n) is 14.9. The first-order valence-electron chi connectivity index (χ1n) is 8.24. The molecule has 0 aliphatic carbocycles. The van der Waals surface area contributed by atoms with Crippen molar-refractivity contribution in [2.45, 2.75) is 32.7 Å². The van der Waals surface area contributed by atoms with Crippen molar-refractivity contribution in [2.75, 3.05) is 11.9 Å². The first-order chi connectivity index (χ1) is 12.4. The summed E-state index contributed by atoms with van der Waals surface area (Å²) in [5.41, 5.74) is 9.54. The van der Waals surface area contributed by atoms with E-state index >= 15 is 0 Å². The molecule has 27 heavy (non-hydrogen) atoms. The largest absolute Gasteiger partial charge is 0.411 e. The predicted molar refractivity (Wildman–Crippen MR) is 112 cm³/mol. The van der Waals surface area contributed by atoms with Crippen LogP contribution in [0.5, 0.6) is 0 Å². The quantitative estimate of drug-likeness (QED) is 0.329. The van der Waals surface area contributed by atoms with Crippen molar-refractivity contribution in [2.24, 2.45) is 10.7 Å². The maximum absolute atomic E-state index is 12.0. The van der Waals surface area contributed by atoms with E-state index in [4.69, 9.17) is 5.73 Å². The van der Waals surface area contributed by atoms with Crippen molar-refractivity contribution in [1.29, 1.82) is 0 Å². The molecule has 0 saturated heterocycles. The molecule has 148 valence electrons. The van der Waals surface area contributed by atoms with Crippen LogP contribution in [-0.4, -0.2) is 18.7 Å². The molecule has 0 heterocycles. The van der Waals surface area contributed by atoms with Crippen LogP contribution in [0, 0.1) is 0 Å². The summed E-state index contributed by atoms with van der Waals surface area (Å²) >= 11 is 0. The van der Waals surface area contributed by atoms with Crippen LogP contribution in [0.25, 0.3) is 0 Å². The molecule has 0 saturated carbocycles. The Kier molecular flexibility index (Phi) is 9.57. The Morgan fingerprint density at radius 1 is 1.07 bits per heavy atom. The molecule has 0 radical (unpaired) electrons. The number of aliphatic imine (C=N–C) groups is 1. The maximum atomic E-state index is 12.0. The Morgan fingerprint density at radius 2 is 1.74 bits per heavy atom. The number of benzene rings is 2. The Hall–Kier alpha value is -1.81. The third kappa shape index (κ3) is 9.09. The van der Waals surface area contributed by atoms with E-state index < -0.39 is 12.8 Å². The second-order valence-corrected chi connectivity index (χ2v) is 5.80. The molecule has 0 aliphatic rings. The minimum absolute atomic E-state index is 0. The van der Waals surface area contributed by atoms with E-state index in [2.05, 4.69) is 22.0 Å². The summed E-state index contributed by atoms with van der Waals surface area (Å²) in [6.45, 7) is 1.12. The molecule has 0 aromatic heterocycles. The lowest BCUT2D eigenvalue weighted by atomic mass is 10.1. The van der Waals surface area contributed by atoms with E-state index in [9.17, 15) is 13.2 Å². The maximum Gasteiger partial charge on any atom is 0.411 e. The topological polar surface area (TPSA) is 59.6 Å². The molecule has 8 heteroatoms. The highest BCUT2D eigenvalue weighted by Gasteiger charge is 2.27. The standard InChI is InChI=1S/C19H22F3N3O.HI/c1-2-14-4-3-5-17(10-14)25-18(23)24-11-15-6-8-16(9-7-15)12-26-13-19(20,21)22;/h3-10H,2,11-13H2,1H3,(H3,23,24,25);1H. The van der Waals surface area contributed by atoms with Gasteiger partial charge in [-0.25, -0.2) is 4.99 Å². The van der Waals surface area contributed by atoms with Crippen LogP contribution in [0.4, 0.5) is 18.9 Å². The monoisotopic (exact) mass is 493 g/mol. The van der Waals surface area contributed by atoms with E-state index in [0.29, 0.717) is 18.1 Å². The molecular formula is C19H23F3IN3O. The minimum atomic E-state index is -4.31. The molecule has 2 aromatic carbocycles. The van der Waals surface area contributed by atoms with Gasteiger partial charge in [-0.05, 0) is 35.2 Å². The average molecular weight is 493 g/mol. The zero-order chi connectivity index (χ0) is 19.0. The summed E-state index contributed by atoms with van der Waals surface area (Å²) in [4.78, 5) is 4.27. The van der Waals surface area contributed by atoms with Gasteiger partial charge in [0.1, 0.15) is 6.61 Å². The fraction of sp³-hybridized carbons (Fsp3) is 0.316. The first kappa shape index (κ1) is 23.2. The average Bonchev–Trinajstić information content (AvgIpc) is 2.60. The SMILES string of the molecule is CCc1cccc(NC(N)=NCc2ccc(COCC(F)(F)F)cc2)c1.I. The van der Waals surface area contributed by atoms with E-state index in [-0.39, 0.29) is 30.6 Å². The second kappa shape index (κ2) is 11.1. The molecule has 3 N–H and O–H groups in total.